The number of morpholine rings is 1. The predicted molar refractivity (Wildman–Crippen MR) is 47.8 cm³/mol. The molecule has 1 aliphatic heterocycles. The minimum Gasteiger partial charge on any atom is -0.438 e. The van der Waals surface area contributed by atoms with Crippen molar-refractivity contribution in [2.24, 2.45) is 0 Å². The summed E-state index contributed by atoms with van der Waals surface area (Å²) in [6.45, 7) is 3.05. The summed E-state index contributed by atoms with van der Waals surface area (Å²) in [6, 6.07) is 0. The number of ether oxygens (including phenoxy) is 1. The number of hydrogen-bond acceptors (Lipinski definition) is 4. The third-order valence-corrected chi connectivity index (χ3v) is 2.31. The SMILES string of the molecule is Cc1oc(C(F)(F)F)nc1C1CNCCO1. The first-order valence-corrected chi connectivity index (χ1v) is 4.85. The van der Waals surface area contributed by atoms with Crippen LogP contribution in [0.25, 0.3) is 0 Å². The van der Waals surface area contributed by atoms with Gasteiger partial charge in [0.15, 0.2) is 0 Å². The van der Waals surface area contributed by atoms with E-state index in [1.165, 1.54) is 6.92 Å². The van der Waals surface area contributed by atoms with E-state index in [9.17, 15) is 13.2 Å². The van der Waals surface area contributed by atoms with Gasteiger partial charge in [0.2, 0.25) is 0 Å². The van der Waals surface area contributed by atoms with Crippen LogP contribution in [0.1, 0.15) is 23.4 Å². The van der Waals surface area contributed by atoms with E-state index >= 15 is 0 Å². The summed E-state index contributed by atoms with van der Waals surface area (Å²) >= 11 is 0. The third-order valence-electron chi connectivity index (χ3n) is 2.31. The van der Waals surface area contributed by atoms with Gasteiger partial charge in [-0.25, -0.2) is 4.98 Å². The number of aromatic nitrogens is 1. The largest absolute Gasteiger partial charge is 0.468 e. The van der Waals surface area contributed by atoms with Crippen LogP contribution in [-0.4, -0.2) is 24.7 Å². The summed E-state index contributed by atoms with van der Waals surface area (Å²) in [5, 5.41) is 3.02. The van der Waals surface area contributed by atoms with Crippen molar-refractivity contribution >= 4 is 0 Å². The molecule has 16 heavy (non-hydrogen) atoms. The summed E-state index contributed by atoms with van der Waals surface area (Å²) in [7, 11) is 0. The van der Waals surface area contributed by atoms with Gasteiger partial charge in [0, 0.05) is 13.1 Å². The van der Waals surface area contributed by atoms with Gasteiger partial charge in [0.1, 0.15) is 17.6 Å². The molecule has 0 saturated carbocycles. The standard InChI is InChI=1S/C9H11F3N2O2/c1-5-7(6-4-13-2-3-15-6)14-8(16-5)9(10,11)12/h6,13H,2-4H2,1H3. The van der Waals surface area contributed by atoms with E-state index in [1.807, 2.05) is 0 Å². The number of nitrogens with one attached hydrogen (secondary N) is 1. The maximum atomic E-state index is 12.3. The highest BCUT2D eigenvalue weighted by Crippen LogP contribution is 2.32. The average molecular weight is 236 g/mol. The van der Waals surface area contributed by atoms with E-state index in [1.54, 1.807) is 0 Å². The molecule has 0 bridgehead atoms. The lowest BCUT2D eigenvalue weighted by molar-refractivity contribution is -0.157. The van der Waals surface area contributed by atoms with Crippen LogP contribution in [-0.2, 0) is 10.9 Å². The van der Waals surface area contributed by atoms with Gasteiger partial charge in [-0.3, -0.25) is 0 Å². The Morgan fingerprint density at radius 3 is 2.69 bits per heavy atom. The van der Waals surface area contributed by atoms with Gasteiger partial charge in [-0.2, -0.15) is 13.2 Å². The van der Waals surface area contributed by atoms with Gasteiger partial charge in [-0.05, 0) is 6.92 Å². The van der Waals surface area contributed by atoms with Crippen LogP contribution in [0.5, 0.6) is 0 Å². The van der Waals surface area contributed by atoms with Gasteiger partial charge < -0.3 is 14.5 Å². The quantitative estimate of drug-likeness (QED) is 0.805. The van der Waals surface area contributed by atoms with E-state index in [4.69, 9.17) is 4.74 Å². The molecule has 0 radical (unpaired) electrons. The number of aryl methyl sites for hydroxylation is 1. The van der Waals surface area contributed by atoms with Crippen LogP contribution in [0.3, 0.4) is 0 Å². The summed E-state index contributed by atoms with van der Waals surface area (Å²) in [5.74, 6) is -1.06. The van der Waals surface area contributed by atoms with Crippen LogP contribution in [0.4, 0.5) is 13.2 Å². The molecule has 1 fully saturated rings. The fourth-order valence-corrected chi connectivity index (χ4v) is 1.57. The molecule has 1 aliphatic rings. The van der Waals surface area contributed by atoms with E-state index in [2.05, 4.69) is 14.7 Å². The van der Waals surface area contributed by atoms with Crippen LogP contribution < -0.4 is 5.32 Å². The van der Waals surface area contributed by atoms with Gasteiger partial charge in [-0.15, -0.1) is 0 Å². The Bertz CT molecular complexity index is 369. The molecule has 1 aromatic heterocycles. The first kappa shape index (κ1) is 11.4. The fourth-order valence-electron chi connectivity index (χ4n) is 1.57. The zero-order chi connectivity index (χ0) is 11.8. The maximum absolute atomic E-state index is 12.3. The smallest absolute Gasteiger partial charge is 0.438 e. The van der Waals surface area contributed by atoms with Crippen LogP contribution in [0.2, 0.25) is 0 Å². The van der Waals surface area contributed by atoms with E-state index < -0.39 is 18.2 Å². The van der Waals surface area contributed by atoms with E-state index in [0.717, 1.165) is 0 Å². The molecule has 7 heteroatoms. The second-order valence-electron chi connectivity index (χ2n) is 3.52. The van der Waals surface area contributed by atoms with Crippen LogP contribution in [0.15, 0.2) is 4.42 Å². The lowest BCUT2D eigenvalue weighted by Crippen LogP contribution is -2.33. The molecule has 4 nitrogen and oxygen atoms in total. The van der Waals surface area contributed by atoms with Crippen LogP contribution >= 0.6 is 0 Å². The Morgan fingerprint density at radius 2 is 2.19 bits per heavy atom. The van der Waals surface area contributed by atoms with Crippen molar-refractivity contribution in [3.05, 3.63) is 17.3 Å². The Hall–Kier alpha value is -1.08. The van der Waals surface area contributed by atoms with Gasteiger partial charge in [0.05, 0.1) is 6.61 Å². The zero-order valence-electron chi connectivity index (χ0n) is 8.60. The van der Waals surface area contributed by atoms with Gasteiger partial charge >= 0.3 is 12.1 Å². The van der Waals surface area contributed by atoms with Crippen molar-refractivity contribution in [2.45, 2.75) is 19.2 Å². The van der Waals surface area contributed by atoms with Crippen molar-refractivity contribution in [3.63, 3.8) is 0 Å². The second-order valence-corrected chi connectivity index (χ2v) is 3.52. The number of nitrogens with zero attached hydrogens (tertiary/aromatic N) is 1. The molecule has 2 heterocycles. The number of halogens is 3. The van der Waals surface area contributed by atoms with Gasteiger partial charge in [0.25, 0.3) is 0 Å². The highest BCUT2D eigenvalue weighted by Gasteiger charge is 2.39. The number of hydrogen-bond donors (Lipinski definition) is 1. The molecule has 0 aliphatic carbocycles. The first-order valence-electron chi connectivity index (χ1n) is 4.85. The molecule has 1 unspecified atom stereocenters. The summed E-state index contributed by atoms with van der Waals surface area (Å²) in [4.78, 5) is 3.45. The Morgan fingerprint density at radius 1 is 1.44 bits per heavy atom. The molecule has 1 aromatic rings. The summed E-state index contributed by atoms with van der Waals surface area (Å²) in [5.41, 5.74) is 0.222. The van der Waals surface area contributed by atoms with Crippen molar-refractivity contribution in [3.8, 4) is 0 Å². The number of alkyl halides is 3. The molecule has 0 aromatic carbocycles. The first-order chi connectivity index (χ1) is 7.48. The van der Waals surface area contributed by atoms with Crippen molar-refractivity contribution in [1.29, 1.82) is 0 Å². The number of rotatable bonds is 1. The fraction of sp³-hybridized carbons (Fsp3) is 0.667. The lowest BCUT2D eigenvalue weighted by atomic mass is 10.2. The van der Waals surface area contributed by atoms with Crippen molar-refractivity contribution < 1.29 is 22.3 Å². The molecule has 2 rings (SSSR count). The molecule has 0 spiro atoms. The highest BCUT2D eigenvalue weighted by atomic mass is 19.4. The Balaban J connectivity index is 2.24. The maximum Gasteiger partial charge on any atom is 0.468 e. The molecule has 1 atom stereocenters. The molecular formula is C9H11F3N2O2. The van der Waals surface area contributed by atoms with Gasteiger partial charge in [-0.1, -0.05) is 0 Å². The topological polar surface area (TPSA) is 47.3 Å². The average Bonchev–Trinajstić information content (AvgIpc) is 2.61. The van der Waals surface area contributed by atoms with E-state index in [-0.39, 0.29) is 11.5 Å². The number of oxazole rings is 1. The molecule has 1 saturated heterocycles. The lowest BCUT2D eigenvalue weighted by Gasteiger charge is -2.22. The van der Waals surface area contributed by atoms with Crippen LogP contribution in [0, 0.1) is 6.92 Å². The molecular weight excluding hydrogens is 225 g/mol. The Labute approximate surface area is 89.8 Å². The monoisotopic (exact) mass is 236 g/mol. The van der Waals surface area contributed by atoms with Crippen molar-refractivity contribution in [2.75, 3.05) is 19.7 Å². The minimum absolute atomic E-state index is 0.154. The van der Waals surface area contributed by atoms with Crippen molar-refractivity contribution in [1.82, 2.24) is 10.3 Å². The molecule has 0 amide bonds. The third kappa shape index (κ3) is 2.19. The van der Waals surface area contributed by atoms with E-state index in [0.29, 0.717) is 19.7 Å². The Kier molecular flexibility index (Phi) is 2.90. The predicted octanol–water partition coefficient (Wildman–Crippen LogP) is 1.66. The normalized spacial score (nSPS) is 22.4. The zero-order valence-corrected chi connectivity index (χ0v) is 8.60. The molecule has 1 N–H and O–H groups in total. The minimum atomic E-state index is -4.55. The molecule has 90 valence electrons. The highest BCUT2D eigenvalue weighted by molar-refractivity contribution is 5.13. The summed E-state index contributed by atoms with van der Waals surface area (Å²) < 4.78 is 46.9. The summed E-state index contributed by atoms with van der Waals surface area (Å²) in [6.07, 6.45) is -5.01. The second kappa shape index (κ2) is 4.06.